The molecule has 0 amide bonds. The van der Waals surface area contributed by atoms with Gasteiger partial charge in [-0.05, 0) is 48.3 Å². The first-order valence-corrected chi connectivity index (χ1v) is 14.2. The van der Waals surface area contributed by atoms with Crippen molar-refractivity contribution >= 4 is 27.3 Å². The molecule has 2 bridgehead atoms. The molecule has 0 N–H and O–H groups in total. The maximum atomic E-state index is 13.6. The van der Waals surface area contributed by atoms with Gasteiger partial charge in [-0.15, -0.1) is 11.3 Å². The predicted octanol–water partition coefficient (Wildman–Crippen LogP) is 5.76. The van der Waals surface area contributed by atoms with Crippen LogP contribution >= 0.6 is 11.3 Å². The molecule has 1 aromatic heterocycles. The zero-order valence-corrected chi connectivity index (χ0v) is 21.9. The fraction of sp³-hybridized carbons (Fsp3) is 0.407. The summed E-state index contributed by atoms with van der Waals surface area (Å²) in [7, 11) is -3.72. The van der Waals surface area contributed by atoms with Crippen LogP contribution in [-0.4, -0.2) is 36.3 Å². The molecule has 1 saturated heterocycles. The van der Waals surface area contributed by atoms with Gasteiger partial charge in [0.25, 0.3) is 0 Å². The minimum Gasteiger partial charge on any atom is -0.456 e. The molecule has 35 heavy (non-hydrogen) atoms. The van der Waals surface area contributed by atoms with Gasteiger partial charge in [-0.1, -0.05) is 57.2 Å². The molecule has 6 nitrogen and oxygen atoms in total. The number of carbonyl (C=O) groups excluding carboxylic acids is 1. The lowest BCUT2D eigenvalue weighted by atomic mass is 9.65. The molecule has 1 aliphatic heterocycles. The van der Waals surface area contributed by atoms with Gasteiger partial charge in [-0.2, -0.15) is 4.31 Å². The second-order valence-electron chi connectivity index (χ2n) is 10.9. The standard InChI is InChI=1S/C27H30N2O4S2/c1-26(2)13-22-14-27(3,17-26)18-29(22)35(31,32)23-11-7-10-20(12-23)25(30)33-15-21-16-34-24(28-21)19-8-5-4-6-9-19/h4-12,16,22H,13-15,17-18H2,1-3H3. The largest absolute Gasteiger partial charge is 0.456 e. The predicted molar refractivity (Wildman–Crippen MR) is 137 cm³/mol. The molecule has 8 heteroatoms. The SMILES string of the molecule is CC1(C)CC2CC(C)(CN2S(=O)(=O)c2cccc(C(=O)OCc3csc(-c4ccccc4)n3)c2)C1. The van der Waals surface area contributed by atoms with E-state index in [9.17, 15) is 13.2 Å². The lowest BCUT2D eigenvalue weighted by Gasteiger charge is -2.39. The van der Waals surface area contributed by atoms with Gasteiger partial charge in [0.1, 0.15) is 11.6 Å². The molecule has 2 aliphatic rings. The van der Waals surface area contributed by atoms with Gasteiger partial charge in [-0.25, -0.2) is 18.2 Å². The molecular weight excluding hydrogens is 480 g/mol. The molecule has 5 rings (SSSR count). The van der Waals surface area contributed by atoms with Crippen molar-refractivity contribution in [2.45, 2.75) is 57.6 Å². The van der Waals surface area contributed by atoms with E-state index in [0.717, 1.165) is 29.8 Å². The Bertz CT molecular complexity index is 1350. The zero-order chi connectivity index (χ0) is 24.8. The van der Waals surface area contributed by atoms with E-state index >= 15 is 0 Å². The fourth-order valence-electron chi connectivity index (χ4n) is 5.92. The number of benzene rings is 2. The maximum absolute atomic E-state index is 13.6. The van der Waals surface area contributed by atoms with E-state index in [-0.39, 0.29) is 33.9 Å². The molecule has 2 fully saturated rings. The van der Waals surface area contributed by atoms with E-state index in [1.165, 1.54) is 17.4 Å². The van der Waals surface area contributed by atoms with Crippen molar-refractivity contribution in [1.82, 2.24) is 9.29 Å². The van der Waals surface area contributed by atoms with Crippen molar-refractivity contribution in [1.29, 1.82) is 0 Å². The van der Waals surface area contributed by atoms with Crippen LogP contribution in [0.3, 0.4) is 0 Å². The second kappa shape index (κ2) is 8.84. The minimum absolute atomic E-state index is 0.00664. The van der Waals surface area contributed by atoms with E-state index in [1.54, 1.807) is 22.5 Å². The highest BCUT2D eigenvalue weighted by Crippen LogP contribution is 2.53. The number of thiazole rings is 1. The normalized spacial score (nSPS) is 23.8. The number of aromatic nitrogens is 1. The summed E-state index contributed by atoms with van der Waals surface area (Å²) >= 11 is 1.49. The van der Waals surface area contributed by atoms with Gasteiger partial charge in [-0.3, -0.25) is 0 Å². The van der Waals surface area contributed by atoms with Crippen molar-refractivity contribution in [2.75, 3.05) is 6.54 Å². The average molecular weight is 511 g/mol. The first-order valence-electron chi connectivity index (χ1n) is 11.8. The van der Waals surface area contributed by atoms with Crippen molar-refractivity contribution < 1.29 is 17.9 Å². The highest BCUT2D eigenvalue weighted by Gasteiger charge is 2.53. The number of hydrogen-bond donors (Lipinski definition) is 0. The Labute approximate surface area is 211 Å². The van der Waals surface area contributed by atoms with E-state index in [1.807, 2.05) is 35.7 Å². The lowest BCUT2D eigenvalue weighted by Crippen LogP contribution is -2.37. The van der Waals surface area contributed by atoms with Crippen molar-refractivity contribution in [3.8, 4) is 10.6 Å². The van der Waals surface area contributed by atoms with Crippen LogP contribution in [0.5, 0.6) is 0 Å². The van der Waals surface area contributed by atoms with Crippen LogP contribution in [0.1, 0.15) is 56.1 Å². The van der Waals surface area contributed by atoms with Crippen LogP contribution in [0.2, 0.25) is 0 Å². The Morgan fingerprint density at radius 1 is 1.11 bits per heavy atom. The Hall–Kier alpha value is -2.55. The lowest BCUT2D eigenvalue weighted by molar-refractivity contribution is 0.0468. The number of carbonyl (C=O) groups is 1. The number of rotatable bonds is 6. The van der Waals surface area contributed by atoms with E-state index in [0.29, 0.717) is 12.2 Å². The molecule has 2 aromatic carbocycles. The Kier molecular flexibility index (Phi) is 6.10. The maximum Gasteiger partial charge on any atom is 0.338 e. The van der Waals surface area contributed by atoms with E-state index in [2.05, 4.69) is 25.8 Å². The van der Waals surface area contributed by atoms with Gasteiger partial charge in [0.05, 0.1) is 16.2 Å². The third kappa shape index (κ3) is 4.92. The quantitative estimate of drug-likeness (QED) is 0.394. The van der Waals surface area contributed by atoms with Gasteiger partial charge >= 0.3 is 5.97 Å². The zero-order valence-electron chi connectivity index (χ0n) is 20.2. The number of sulfonamides is 1. The smallest absolute Gasteiger partial charge is 0.338 e. The van der Waals surface area contributed by atoms with Gasteiger partial charge in [0.15, 0.2) is 0 Å². The van der Waals surface area contributed by atoms with Gasteiger partial charge < -0.3 is 4.74 Å². The number of fused-ring (bicyclic) bond motifs is 2. The summed E-state index contributed by atoms with van der Waals surface area (Å²) in [5, 5.41) is 2.72. The van der Waals surface area contributed by atoms with Crippen LogP contribution in [0.15, 0.2) is 64.9 Å². The molecule has 0 radical (unpaired) electrons. The molecule has 2 unspecified atom stereocenters. The number of ether oxygens (including phenoxy) is 1. The van der Waals surface area contributed by atoms with Gasteiger partial charge in [0.2, 0.25) is 10.0 Å². The third-order valence-electron chi connectivity index (χ3n) is 6.97. The Morgan fingerprint density at radius 2 is 1.89 bits per heavy atom. The Morgan fingerprint density at radius 3 is 2.66 bits per heavy atom. The van der Waals surface area contributed by atoms with Crippen LogP contribution < -0.4 is 0 Å². The summed E-state index contributed by atoms with van der Waals surface area (Å²) in [6.07, 6.45) is 2.75. The van der Waals surface area contributed by atoms with Crippen LogP contribution in [0.25, 0.3) is 10.6 Å². The highest BCUT2D eigenvalue weighted by molar-refractivity contribution is 7.89. The summed E-state index contributed by atoms with van der Waals surface area (Å²) < 4.78 is 34.3. The molecule has 3 aromatic rings. The van der Waals surface area contributed by atoms with Crippen LogP contribution in [0.4, 0.5) is 0 Å². The highest BCUT2D eigenvalue weighted by atomic mass is 32.2. The first kappa shape index (κ1) is 24.2. The van der Waals surface area contributed by atoms with Crippen molar-refractivity contribution in [3.63, 3.8) is 0 Å². The minimum atomic E-state index is -3.72. The third-order valence-corrected chi connectivity index (χ3v) is 9.80. The Balaban J connectivity index is 1.29. The summed E-state index contributed by atoms with van der Waals surface area (Å²) in [6.45, 7) is 7.17. The van der Waals surface area contributed by atoms with Crippen LogP contribution in [0, 0.1) is 10.8 Å². The molecule has 2 heterocycles. The number of esters is 1. The van der Waals surface area contributed by atoms with Crippen molar-refractivity contribution in [3.05, 3.63) is 71.2 Å². The summed E-state index contributed by atoms with van der Waals surface area (Å²) in [5.41, 5.74) is 1.99. The number of nitrogens with zero attached hydrogens (tertiary/aromatic N) is 2. The molecule has 2 atom stereocenters. The molecule has 1 aliphatic carbocycles. The average Bonchev–Trinajstić information content (AvgIpc) is 3.39. The molecule has 0 spiro atoms. The summed E-state index contributed by atoms with van der Waals surface area (Å²) in [4.78, 5) is 17.4. The van der Waals surface area contributed by atoms with Crippen LogP contribution in [-0.2, 0) is 21.4 Å². The van der Waals surface area contributed by atoms with E-state index < -0.39 is 16.0 Å². The number of hydrogen-bond acceptors (Lipinski definition) is 6. The summed E-state index contributed by atoms with van der Waals surface area (Å²) in [5.74, 6) is -0.565. The molecule has 1 saturated carbocycles. The molecule has 184 valence electrons. The van der Waals surface area contributed by atoms with Gasteiger partial charge in [0, 0.05) is 23.5 Å². The van der Waals surface area contributed by atoms with Crippen molar-refractivity contribution in [2.24, 2.45) is 10.8 Å². The topological polar surface area (TPSA) is 76.6 Å². The molecular formula is C27H30N2O4S2. The van der Waals surface area contributed by atoms with E-state index in [4.69, 9.17) is 4.74 Å². The summed E-state index contributed by atoms with van der Waals surface area (Å²) in [6, 6.07) is 16.0. The fourth-order valence-corrected chi connectivity index (χ4v) is 8.55. The second-order valence-corrected chi connectivity index (χ2v) is 13.6. The first-order chi connectivity index (χ1) is 16.5. The monoisotopic (exact) mass is 510 g/mol.